The molecule has 2 bridgehead atoms. The van der Waals surface area contributed by atoms with Gasteiger partial charge < -0.3 is 39.4 Å². The second-order valence-corrected chi connectivity index (χ2v) is 7.59. The maximum Gasteiger partial charge on any atom is 0.490 e. The molecule has 2 unspecified atom stereocenters. The molecule has 10 nitrogen and oxygen atoms in total. The number of hydrogen-bond donors (Lipinski definition) is 2. The molecule has 4 atom stereocenters. The summed E-state index contributed by atoms with van der Waals surface area (Å²) in [4.78, 5) is 19.8. The zero-order valence-electron chi connectivity index (χ0n) is 21.3. The van der Waals surface area contributed by atoms with Gasteiger partial charge in [-0.05, 0) is 20.8 Å². The zero-order chi connectivity index (χ0) is 29.6. The molecule has 39 heavy (non-hydrogen) atoms. The molecule has 0 saturated carbocycles. The van der Waals surface area contributed by atoms with Crippen LogP contribution in [0.4, 0.5) is 30.7 Å². The van der Waals surface area contributed by atoms with E-state index in [1.807, 2.05) is 20.8 Å². The molecule has 3 rings (SSSR count). The van der Waals surface area contributed by atoms with Gasteiger partial charge in [0.2, 0.25) is 0 Å². The Morgan fingerprint density at radius 2 is 1.21 bits per heavy atom. The van der Waals surface area contributed by atoms with E-state index in [4.69, 9.17) is 33.6 Å². The summed E-state index contributed by atoms with van der Waals surface area (Å²) in [5.41, 5.74) is -1.12. The van der Waals surface area contributed by atoms with Gasteiger partial charge in [-0.3, -0.25) is 4.79 Å². The molecular formula is C22H29F7O10. The number of carbonyl (C=O) groups excluding carboxylic acids is 1. The quantitative estimate of drug-likeness (QED) is 0.161. The Labute approximate surface area is 217 Å². The molecule has 0 amide bonds. The van der Waals surface area contributed by atoms with Crippen molar-refractivity contribution in [1.29, 1.82) is 0 Å². The van der Waals surface area contributed by atoms with E-state index in [1.165, 1.54) is 0 Å². The molecule has 17 heteroatoms. The van der Waals surface area contributed by atoms with Gasteiger partial charge in [0.25, 0.3) is 5.97 Å². The van der Waals surface area contributed by atoms with Crippen molar-refractivity contribution in [1.82, 2.24) is 0 Å². The van der Waals surface area contributed by atoms with Crippen molar-refractivity contribution in [2.24, 2.45) is 0 Å². The lowest BCUT2D eigenvalue weighted by molar-refractivity contribution is -0.365. The Morgan fingerprint density at radius 3 is 1.51 bits per heavy atom. The number of benzene rings is 1. The second-order valence-electron chi connectivity index (χ2n) is 7.59. The summed E-state index contributed by atoms with van der Waals surface area (Å²) in [6.45, 7) is 10.4. The molecule has 2 aliphatic heterocycles. The van der Waals surface area contributed by atoms with Gasteiger partial charge in [0.1, 0.15) is 18.3 Å². The Balaban J connectivity index is 0.000000647. The fraction of sp³-hybridized carbons (Fsp3) is 0.636. The van der Waals surface area contributed by atoms with Crippen molar-refractivity contribution < 1.29 is 79.7 Å². The molecule has 2 aliphatic rings. The minimum Gasteiger partial charge on any atom is -0.475 e. The third-order valence-electron chi connectivity index (χ3n) is 4.91. The number of rotatable bonds is 7. The smallest absolute Gasteiger partial charge is 0.475 e. The fourth-order valence-electron chi connectivity index (χ4n) is 3.60. The molecule has 0 aliphatic carbocycles. The molecule has 1 saturated heterocycles. The highest BCUT2D eigenvalue weighted by atomic mass is 19.4. The van der Waals surface area contributed by atoms with E-state index in [2.05, 4.69) is 0 Å². The molecule has 1 aromatic rings. The van der Waals surface area contributed by atoms with E-state index in [1.54, 1.807) is 6.92 Å². The number of carbonyl (C=O) groups is 2. The first-order valence-electron chi connectivity index (χ1n) is 11.1. The van der Waals surface area contributed by atoms with Crippen LogP contribution in [0.5, 0.6) is 0 Å². The largest absolute Gasteiger partial charge is 0.490 e. The first-order valence-corrected chi connectivity index (χ1v) is 11.1. The lowest BCUT2D eigenvalue weighted by Crippen LogP contribution is -2.36. The maximum atomic E-state index is 13.8. The van der Waals surface area contributed by atoms with Crippen LogP contribution in [0.2, 0.25) is 0 Å². The minimum absolute atomic E-state index is 0. The molecule has 226 valence electrons. The first-order chi connectivity index (χ1) is 17.5. The van der Waals surface area contributed by atoms with E-state index >= 15 is 0 Å². The van der Waals surface area contributed by atoms with Gasteiger partial charge >= 0.3 is 18.1 Å². The van der Waals surface area contributed by atoms with Crippen LogP contribution in [0.15, 0.2) is 0 Å². The molecule has 1 fully saturated rings. The number of aliphatic hydroxyl groups excluding tert-OH is 1. The molecule has 1 aromatic carbocycles. The highest BCUT2D eigenvalue weighted by molar-refractivity contribution is 5.73. The van der Waals surface area contributed by atoms with Gasteiger partial charge in [-0.25, -0.2) is 22.4 Å². The predicted molar refractivity (Wildman–Crippen MR) is 115 cm³/mol. The number of esters is 1. The van der Waals surface area contributed by atoms with E-state index < -0.39 is 82.9 Å². The van der Waals surface area contributed by atoms with Crippen LogP contribution >= 0.6 is 0 Å². The monoisotopic (exact) mass is 586 g/mol. The predicted octanol–water partition coefficient (Wildman–Crippen LogP) is 3.24. The molecule has 4 N–H and O–H groups in total. The molecule has 0 radical (unpaired) electrons. The summed E-state index contributed by atoms with van der Waals surface area (Å²) >= 11 is 0. The average molecular weight is 586 g/mol. The van der Waals surface area contributed by atoms with E-state index in [9.17, 15) is 40.6 Å². The molecule has 0 spiro atoms. The van der Waals surface area contributed by atoms with Gasteiger partial charge in [-0.15, -0.1) is 0 Å². The topological polar surface area (TPSA) is 152 Å². The van der Waals surface area contributed by atoms with Crippen molar-refractivity contribution in [3.05, 3.63) is 34.4 Å². The van der Waals surface area contributed by atoms with Crippen molar-refractivity contribution in [3.8, 4) is 0 Å². The van der Waals surface area contributed by atoms with Gasteiger partial charge in [0, 0.05) is 44.8 Å². The Bertz CT molecular complexity index is 972. The highest BCUT2D eigenvalue weighted by Gasteiger charge is 2.57. The highest BCUT2D eigenvalue weighted by Crippen LogP contribution is 2.54. The lowest BCUT2D eigenvalue weighted by atomic mass is 9.86. The maximum absolute atomic E-state index is 13.8. The van der Waals surface area contributed by atoms with Gasteiger partial charge in [0.05, 0.1) is 0 Å². The van der Waals surface area contributed by atoms with Crippen LogP contribution in [0.25, 0.3) is 0 Å². The van der Waals surface area contributed by atoms with Crippen LogP contribution < -0.4 is 0 Å². The third kappa shape index (κ3) is 8.71. The second kappa shape index (κ2) is 14.7. The Hall–Kier alpha value is -2.57. The van der Waals surface area contributed by atoms with Crippen LogP contribution in [-0.2, 0) is 33.3 Å². The number of ether oxygens (including phenoxy) is 5. The number of fused-ring (bicyclic) bond motifs is 5. The lowest BCUT2D eigenvalue weighted by Gasteiger charge is -2.27. The molecular weight excluding hydrogens is 557 g/mol. The van der Waals surface area contributed by atoms with E-state index in [0.717, 1.165) is 6.92 Å². The summed E-state index contributed by atoms with van der Waals surface area (Å²) in [5, 5.41) is 17.0. The number of hydrogen-bond acceptors (Lipinski definition) is 8. The summed E-state index contributed by atoms with van der Waals surface area (Å²) in [6.07, 6.45) is -10.6. The summed E-state index contributed by atoms with van der Waals surface area (Å²) in [5.74, 6) is -11.5. The van der Waals surface area contributed by atoms with Crippen molar-refractivity contribution in [3.63, 3.8) is 0 Å². The SMILES string of the molecule is CC(=O)OC1C2O[C@@H](c3c(F)c(F)c(F)c(F)c32)[C@H]1O.CCOC(C)(OCC)OCC.O.O=C(O)C(F)(F)F. The van der Waals surface area contributed by atoms with Crippen LogP contribution in [0.1, 0.15) is 58.0 Å². The summed E-state index contributed by atoms with van der Waals surface area (Å²) < 4.78 is 111. The molecule has 2 heterocycles. The van der Waals surface area contributed by atoms with Gasteiger partial charge in [-0.2, -0.15) is 13.2 Å². The van der Waals surface area contributed by atoms with Crippen molar-refractivity contribution >= 4 is 11.9 Å². The summed E-state index contributed by atoms with van der Waals surface area (Å²) in [7, 11) is 0. The number of carboxylic acids is 1. The number of aliphatic hydroxyl groups is 1. The average Bonchev–Trinajstić information content (AvgIpc) is 3.33. The standard InChI is InChI=1S/C12H8F4O4.C8H18O3.C2HF3O2.H2O/c1-2(17)19-12-9(18)10-3-4(11(12)20-10)6(14)8(16)7(15)5(3)13;1-5-9-8(4,10-6-2)11-7-3;3-2(4,5)1(6)7;/h9-12,18H,1H3;5-7H2,1-4H3;(H,6,7);1H2/t9-,10+,11?,12?;;;/m1.../s1. The van der Waals surface area contributed by atoms with Crippen molar-refractivity contribution in [2.75, 3.05) is 19.8 Å². The van der Waals surface area contributed by atoms with Crippen LogP contribution in [0, 0.1) is 23.3 Å². The zero-order valence-corrected chi connectivity index (χ0v) is 21.3. The molecule has 0 aromatic heterocycles. The van der Waals surface area contributed by atoms with Gasteiger partial charge in [-0.1, -0.05) is 0 Å². The fourth-order valence-corrected chi connectivity index (χ4v) is 3.60. The van der Waals surface area contributed by atoms with E-state index in [0.29, 0.717) is 19.8 Å². The summed E-state index contributed by atoms with van der Waals surface area (Å²) in [6, 6.07) is 0. The van der Waals surface area contributed by atoms with E-state index in [-0.39, 0.29) is 5.48 Å². The van der Waals surface area contributed by atoms with Gasteiger partial charge in [0.15, 0.2) is 29.4 Å². The number of aliphatic carboxylic acids is 1. The first kappa shape index (κ1) is 36.4. The Morgan fingerprint density at radius 1 is 0.846 bits per heavy atom. The van der Waals surface area contributed by atoms with Crippen LogP contribution in [-0.4, -0.2) is 71.8 Å². The third-order valence-corrected chi connectivity index (χ3v) is 4.91. The van der Waals surface area contributed by atoms with Crippen molar-refractivity contribution in [2.45, 2.75) is 71.2 Å². The Kier molecular flexibility index (Phi) is 13.7. The number of alkyl halides is 3. The minimum atomic E-state index is -5.08. The number of halogens is 7. The number of carboxylic acid groups (broad SMARTS) is 1. The van der Waals surface area contributed by atoms with Crippen LogP contribution in [0.3, 0.4) is 0 Å². The normalized spacial score (nSPS) is 21.1.